The van der Waals surface area contributed by atoms with Gasteiger partial charge in [0.15, 0.2) is 0 Å². The van der Waals surface area contributed by atoms with E-state index >= 15 is 0 Å². The van der Waals surface area contributed by atoms with Crippen LogP contribution in [-0.2, 0) is 0 Å². The average molecular weight is 256 g/mol. The van der Waals surface area contributed by atoms with Crippen molar-refractivity contribution in [2.75, 3.05) is 25.0 Å². The van der Waals surface area contributed by atoms with Crippen molar-refractivity contribution in [2.45, 2.75) is 20.3 Å². The molecule has 2 N–H and O–H groups in total. The smallest absolute Gasteiger partial charge is 0.0370 e. The molecule has 2 heteroatoms. The molecule has 0 spiro atoms. The van der Waals surface area contributed by atoms with Gasteiger partial charge in [0.1, 0.15) is 0 Å². The van der Waals surface area contributed by atoms with E-state index in [-0.39, 0.29) is 0 Å². The normalized spacial score (nSPS) is 12.6. The molecule has 0 aliphatic heterocycles. The Labute approximate surface area is 116 Å². The number of rotatable bonds is 5. The summed E-state index contributed by atoms with van der Waals surface area (Å²) < 4.78 is 0. The largest absolute Gasteiger partial charge is 0.374 e. The van der Waals surface area contributed by atoms with Gasteiger partial charge in [-0.2, -0.15) is 0 Å². The summed E-state index contributed by atoms with van der Waals surface area (Å²) in [5.74, 6) is 0.568. The molecule has 1 unspecified atom stereocenters. The second-order valence-electron chi connectivity index (χ2n) is 5.43. The maximum atomic E-state index is 5.79. The summed E-state index contributed by atoms with van der Waals surface area (Å²) in [6, 6.07) is 13.3. The van der Waals surface area contributed by atoms with Crippen molar-refractivity contribution in [3.63, 3.8) is 0 Å². The van der Waals surface area contributed by atoms with Gasteiger partial charge in [-0.1, -0.05) is 43.2 Å². The highest BCUT2D eigenvalue weighted by atomic mass is 15.1. The van der Waals surface area contributed by atoms with Gasteiger partial charge in [-0.15, -0.1) is 0 Å². The van der Waals surface area contributed by atoms with Crippen LogP contribution in [0.25, 0.3) is 10.8 Å². The summed E-state index contributed by atoms with van der Waals surface area (Å²) in [5, 5.41) is 2.61. The highest BCUT2D eigenvalue weighted by Crippen LogP contribution is 2.23. The molecular formula is C17H24N2. The van der Waals surface area contributed by atoms with E-state index in [9.17, 15) is 0 Å². The van der Waals surface area contributed by atoms with Gasteiger partial charge in [0.25, 0.3) is 0 Å². The highest BCUT2D eigenvalue weighted by Gasteiger charge is 2.09. The number of anilines is 1. The number of aryl methyl sites for hydroxylation is 1. The van der Waals surface area contributed by atoms with E-state index in [1.54, 1.807) is 0 Å². The molecule has 0 aliphatic carbocycles. The molecule has 0 saturated heterocycles. The Morgan fingerprint density at radius 3 is 2.47 bits per heavy atom. The molecule has 0 fully saturated rings. The fraction of sp³-hybridized carbons (Fsp3) is 0.412. The van der Waals surface area contributed by atoms with Gasteiger partial charge in [-0.05, 0) is 42.3 Å². The van der Waals surface area contributed by atoms with E-state index < -0.39 is 0 Å². The molecule has 19 heavy (non-hydrogen) atoms. The van der Waals surface area contributed by atoms with Crippen LogP contribution in [0.15, 0.2) is 36.4 Å². The number of hydrogen-bond acceptors (Lipinski definition) is 2. The molecule has 2 aromatic carbocycles. The topological polar surface area (TPSA) is 29.3 Å². The molecular weight excluding hydrogens is 232 g/mol. The summed E-state index contributed by atoms with van der Waals surface area (Å²) in [4.78, 5) is 2.31. The average Bonchev–Trinajstić information content (AvgIpc) is 2.43. The van der Waals surface area contributed by atoms with E-state index in [4.69, 9.17) is 5.73 Å². The lowest BCUT2D eigenvalue weighted by Gasteiger charge is -2.24. The van der Waals surface area contributed by atoms with Gasteiger partial charge in [-0.3, -0.25) is 0 Å². The zero-order valence-corrected chi connectivity index (χ0v) is 12.2. The zero-order chi connectivity index (χ0) is 13.8. The van der Waals surface area contributed by atoms with Crippen LogP contribution in [0.5, 0.6) is 0 Å². The van der Waals surface area contributed by atoms with Gasteiger partial charge in [0.2, 0.25) is 0 Å². The quantitative estimate of drug-likeness (QED) is 0.886. The van der Waals surface area contributed by atoms with E-state index in [1.807, 2.05) is 0 Å². The van der Waals surface area contributed by atoms with Crippen molar-refractivity contribution in [3.05, 3.63) is 42.0 Å². The highest BCUT2D eigenvalue weighted by molar-refractivity contribution is 5.86. The van der Waals surface area contributed by atoms with Crippen LogP contribution < -0.4 is 10.6 Å². The van der Waals surface area contributed by atoms with E-state index in [0.29, 0.717) is 5.92 Å². The Bertz CT molecular complexity index is 544. The number of nitrogens with zero attached hydrogens (tertiary/aromatic N) is 1. The molecule has 2 aromatic rings. The Balaban J connectivity index is 2.23. The van der Waals surface area contributed by atoms with Crippen molar-refractivity contribution in [3.8, 4) is 0 Å². The van der Waals surface area contributed by atoms with Gasteiger partial charge < -0.3 is 10.6 Å². The molecule has 1 atom stereocenters. The second kappa shape index (κ2) is 6.07. The summed E-state index contributed by atoms with van der Waals surface area (Å²) in [6.45, 7) is 6.11. The summed E-state index contributed by atoms with van der Waals surface area (Å²) in [5.41, 5.74) is 8.37. The molecule has 0 heterocycles. The van der Waals surface area contributed by atoms with Crippen molar-refractivity contribution >= 4 is 16.5 Å². The summed E-state index contributed by atoms with van der Waals surface area (Å²) in [6.07, 6.45) is 1.13. The number of nitrogens with two attached hydrogens (primary N) is 1. The molecule has 0 saturated carbocycles. The van der Waals surface area contributed by atoms with Crippen LogP contribution in [0.4, 0.5) is 5.69 Å². The lowest BCUT2D eigenvalue weighted by Crippen LogP contribution is -2.29. The van der Waals surface area contributed by atoms with Crippen LogP contribution in [-0.4, -0.2) is 20.1 Å². The molecule has 0 aliphatic rings. The Kier molecular flexibility index (Phi) is 4.43. The molecule has 2 nitrogen and oxygen atoms in total. The first-order valence-corrected chi connectivity index (χ1v) is 7.05. The first-order valence-electron chi connectivity index (χ1n) is 7.05. The van der Waals surface area contributed by atoms with E-state index in [0.717, 1.165) is 19.5 Å². The number of hydrogen-bond donors (Lipinski definition) is 1. The zero-order valence-electron chi connectivity index (χ0n) is 12.2. The van der Waals surface area contributed by atoms with E-state index in [1.165, 1.54) is 22.0 Å². The minimum absolute atomic E-state index is 0.568. The van der Waals surface area contributed by atoms with Crippen LogP contribution in [0.3, 0.4) is 0 Å². The number of fused-ring (bicyclic) bond motifs is 1. The first-order chi connectivity index (χ1) is 9.13. The summed E-state index contributed by atoms with van der Waals surface area (Å²) in [7, 11) is 2.15. The van der Waals surface area contributed by atoms with E-state index in [2.05, 4.69) is 62.2 Å². The van der Waals surface area contributed by atoms with Crippen LogP contribution in [0, 0.1) is 12.8 Å². The maximum absolute atomic E-state index is 5.79. The minimum atomic E-state index is 0.568. The monoisotopic (exact) mass is 256 g/mol. The van der Waals surface area contributed by atoms with Crippen molar-refractivity contribution in [1.82, 2.24) is 0 Å². The molecule has 102 valence electrons. The third-order valence-electron chi connectivity index (χ3n) is 3.86. The fourth-order valence-corrected chi connectivity index (χ4v) is 2.45. The lowest BCUT2D eigenvalue weighted by atomic mass is 10.0. The van der Waals surface area contributed by atoms with Crippen LogP contribution in [0.2, 0.25) is 0 Å². The predicted octanol–water partition coefficient (Wildman–Crippen LogP) is 3.57. The number of benzene rings is 2. The maximum Gasteiger partial charge on any atom is 0.0370 e. The third-order valence-corrected chi connectivity index (χ3v) is 3.86. The van der Waals surface area contributed by atoms with Crippen molar-refractivity contribution in [1.29, 1.82) is 0 Å². The molecule has 0 radical (unpaired) electrons. The fourth-order valence-electron chi connectivity index (χ4n) is 2.45. The molecule has 0 aromatic heterocycles. The second-order valence-corrected chi connectivity index (χ2v) is 5.43. The summed E-state index contributed by atoms with van der Waals surface area (Å²) >= 11 is 0. The Morgan fingerprint density at radius 1 is 1.11 bits per heavy atom. The Morgan fingerprint density at radius 2 is 1.79 bits per heavy atom. The van der Waals surface area contributed by atoms with Crippen molar-refractivity contribution < 1.29 is 0 Å². The predicted molar refractivity (Wildman–Crippen MR) is 84.8 cm³/mol. The SMILES string of the molecule is CCC(CN)CN(C)c1ccc2cc(C)ccc2c1. The molecule has 0 bridgehead atoms. The standard InChI is InChI=1S/C17H24N2/c1-4-14(11-18)12-19(3)17-8-7-15-9-13(2)5-6-16(15)10-17/h5-10,14H,4,11-12,18H2,1-3H3. The van der Waals surface area contributed by atoms with Gasteiger partial charge >= 0.3 is 0 Å². The first kappa shape index (κ1) is 13.9. The van der Waals surface area contributed by atoms with Gasteiger partial charge in [0, 0.05) is 19.3 Å². The lowest BCUT2D eigenvalue weighted by molar-refractivity contribution is 0.521. The van der Waals surface area contributed by atoms with Gasteiger partial charge in [0.05, 0.1) is 0 Å². The third kappa shape index (κ3) is 3.27. The van der Waals surface area contributed by atoms with Gasteiger partial charge in [-0.25, -0.2) is 0 Å². The minimum Gasteiger partial charge on any atom is -0.374 e. The Hall–Kier alpha value is -1.54. The molecule has 2 rings (SSSR count). The van der Waals surface area contributed by atoms with Crippen molar-refractivity contribution in [2.24, 2.45) is 11.7 Å². The van der Waals surface area contributed by atoms with Crippen LogP contribution >= 0.6 is 0 Å². The van der Waals surface area contributed by atoms with Crippen LogP contribution in [0.1, 0.15) is 18.9 Å². The molecule has 0 amide bonds.